The maximum atomic E-state index is 11.9. The van der Waals surface area contributed by atoms with Gasteiger partial charge in [-0.25, -0.2) is 4.98 Å². The fourth-order valence-electron chi connectivity index (χ4n) is 3.15. The van der Waals surface area contributed by atoms with Crippen molar-refractivity contribution in [3.8, 4) is 0 Å². The van der Waals surface area contributed by atoms with Crippen molar-refractivity contribution in [2.75, 3.05) is 6.54 Å². The normalized spacial score (nSPS) is 17.4. The summed E-state index contributed by atoms with van der Waals surface area (Å²) in [6, 6.07) is 0. The van der Waals surface area contributed by atoms with Crippen LogP contribution < -0.4 is 10.6 Å². The van der Waals surface area contributed by atoms with Crippen LogP contribution in [0.5, 0.6) is 0 Å². The molecule has 2 heterocycles. The Balaban J connectivity index is 0.000000836. The second-order valence-electron chi connectivity index (χ2n) is 9.59. The summed E-state index contributed by atoms with van der Waals surface area (Å²) in [6.07, 6.45) is 18.2. The Kier molecular flexibility index (Phi) is 10.3. The Morgan fingerprint density at radius 1 is 1.19 bits per heavy atom. The third-order valence-electron chi connectivity index (χ3n) is 4.77. The molecule has 0 bridgehead atoms. The first-order valence-corrected chi connectivity index (χ1v) is 10.8. The molecule has 0 aromatic carbocycles. The number of H-pyrrole nitrogens is 1. The number of hydrogen-bond donors (Lipinski definition) is 3. The first-order valence-electron chi connectivity index (χ1n) is 10.8. The molecule has 0 spiro atoms. The zero-order valence-electron chi connectivity index (χ0n) is 20.5. The number of aromatic nitrogens is 2. The third kappa shape index (κ3) is 11.2. The Morgan fingerprint density at radius 3 is 2.42 bits per heavy atom. The minimum absolute atomic E-state index is 0.0605. The summed E-state index contributed by atoms with van der Waals surface area (Å²) in [6.45, 7) is 17.7. The van der Waals surface area contributed by atoms with E-state index in [1.807, 2.05) is 39.8 Å². The highest BCUT2D eigenvalue weighted by Gasteiger charge is 2.26. The number of nitrogens with one attached hydrogen (secondary N) is 3. The number of rotatable bonds is 5. The van der Waals surface area contributed by atoms with Crippen LogP contribution in [-0.2, 0) is 4.79 Å². The quantitative estimate of drug-likeness (QED) is 0.425. The molecule has 0 aliphatic carbocycles. The number of hydrogen-bond acceptors (Lipinski definition) is 3. The van der Waals surface area contributed by atoms with Crippen molar-refractivity contribution in [3.05, 3.63) is 77.6 Å². The van der Waals surface area contributed by atoms with Gasteiger partial charge in [-0.15, -0.1) is 0 Å². The summed E-state index contributed by atoms with van der Waals surface area (Å²) in [4.78, 5) is 18.3. The molecule has 0 fully saturated rings. The Morgan fingerprint density at radius 2 is 1.90 bits per heavy atom. The molecular formula is C26H40N4O. The zero-order valence-corrected chi connectivity index (χ0v) is 20.5. The predicted octanol–water partition coefficient (Wildman–Crippen LogP) is 5.61. The molecule has 0 saturated carbocycles. The Hall–Kier alpha value is -2.82. The van der Waals surface area contributed by atoms with E-state index in [9.17, 15) is 4.79 Å². The van der Waals surface area contributed by atoms with E-state index in [-0.39, 0.29) is 16.9 Å². The van der Waals surface area contributed by atoms with E-state index in [2.05, 4.69) is 66.5 Å². The highest BCUT2D eigenvalue weighted by molar-refractivity contribution is 5.89. The average Bonchev–Trinajstić information content (AvgIpc) is 3.18. The number of carbonyl (C=O) groups is 1. The van der Waals surface area contributed by atoms with Crippen molar-refractivity contribution < 1.29 is 4.79 Å². The standard InChI is InChI=1S/C23H36N2O.C3H4N2/c1-17(12-13-20-19(3)24-15-14-23(20,7)8)10-9-11-18(2)16-21(26)25-22(4,5)6;1-2-5-3-4-1/h9-13,16,24H,14-15H2,1-8H3,(H,25,26);1-3H,(H,4,5)/b11-9+,13-12+,17-10+,18-16+;. The molecule has 2 rings (SSSR count). The SMILES string of the molecule is CC1=C(/C=C/C(C)=C/C=C/C(C)=C/C(=O)NC(C)(C)C)C(C)(C)CCN1.c1c[nH]cn1. The molecular weight excluding hydrogens is 384 g/mol. The largest absolute Gasteiger partial charge is 0.388 e. The Labute approximate surface area is 188 Å². The van der Waals surface area contributed by atoms with Gasteiger partial charge in [0.25, 0.3) is 0 Å². The lowest BCUT2D eigenvalue weighted by atomic mass is 9.77. The van der Waals surface area contributed by atoms with Gasteiger partial charge in [-0.05, 0) is 64.5 Å². The first kappa shape index (κ1) is 26.2. The second kappa shape index (κ2) is 12.1. The number of nitrogens with zero attached hydrogens (tertiary/aromatic N) is 1. The van der Waals surface area contributed by atoms with Crippen molar-refractivity contribution in [2.24, 2.45) is 5.41 Å². The lowest BCUT2D eigenvalue weighted by Crippen LogP contribution is -2.39. The number of amides is 1. The molecule has 0 radical (unpaired) electrons. The molecule has 5 nitrogen and oxygen atoms in total. The van der Waals surface area contributed by atoms with Gasteiger partial charge in [0.2, 0.25) is 5.91 Å². The van der Waals surface area contributed by atoms with Crippen molar-refractivity contribution >= 4 is 5.91 Å². The minimum atomic E-state index is -0.215. The van der Waals surface area contributed by atoms with E-state index < -0.39 is 0 Å². The van der Waals surface area contributed by atoms with Crippen molar-refractivity contribution in [1.29, 1.82) is 0 Å². The van der Waals surface area contributed by atoms with E-state index in [0.29, 0.717) is 0 Å². The monoisotopic (exact) mass is 424 g/mol. The van der Waals surface area contributed by atoms with Gasteiger partial charge < -0.3 is 15.6 Å². The number of allylic oxidation sites excluding steroid dienone is 9. The maximum Gasteiger partial charge on any atom is 0.244 e. The molecule has 0 atom stereocenters. The van der Waals surface area contributed by atoms with Gasteiger partial charge in [0, 0.05) is 36.3 Å². The molecule has 1 aromatic heterocycles. The fourth-order valence-corrected chi connectivity index (χ4v) is 3.15. The van der Waals surface area contributed by atoms with Crippen LogP contribution in [0.15, 0.2) is 77.6 Å². The minimum Gasteiger partial charge on any atom is -0.388 e. The molecule has 1 aliphatic rings. The number of imidazole rings is 1. The van der Waals surface area contributed by atoms with Gasteiger partial charge in [-0.3, -0.25) is 4.79 Å². The van der Waals surface area contributed by atoms with Gasteiger partial charge in [-0.1, -0.05) is 49.8 Å². The molecule has 1 amide bonds. The van der Waals surface area contributed by atoms with Crippen molar-refractivity contribution in [3.63, 3.8) is 0 Å². The summed E-state index contributed by atoms with van der Waals surface area (Å²) in [5.41, 5.74) is 4.74. The van der Waals surface area contributed by atoms with Gasteiger partial charge >= 0.3 is 0 Å². The topological polar surface area (TPSA) is 69.8 Å². The van der Waals surface area contributed by atoms with Gasteiger partial charge in [0.15, 0.2) is 0 Å². The summed E-state index contributed by atoms with van der Waals surface area (Å²) >= 11 is 0. The van der Waals surface area contributed by atoms with Crippen LogP contribution in [0.25, 0.3) is 0 Å². The lowest BCUT2D eigenvalue weighted by molar-refractivity contribution is -0.117. The average molecular weight is 425 g/mol. The third-order valence-corrected chi connectivity index (χ3v) is 4.77. The van der Waals surface area contributed by atoms with Gasteiger partial charge in [-0.2, -0.15) is 0 Å². The van der Waals surface area contributed by atoms with Crippen LogP contribution in [0.3, 0.4) is 0 Å². The molecule has 3 N–H and O–H groups in total. The summed E-state index contributed by atoms with van der Waals surface area (Å²) in [5.74, 6) is -0.0605. The zero-order chi connectivity index (χ0) is 23.5. The van der Waals surface area contributed by atoms with E-state index in [1.54, 1.807) is 24.8 Å². The second-order valence-corrected chi connectivity index (χ2v) is 9.59. The van der Waals surface area contributed by atoms with Crippen molar-refractivity contribution in [2.45, 2.75) is 67.3 Å². The smallest absolute Gasteiger partial charge is 0.244 e. The maximum absolute atomic E-state index is 11.9. The van der Waals surface area contributed by atoms with E-state index in [0.717, 1.165) is 18.5 Å². The van der Waals surface area contributed by atoms with Crippen LogP contribution in [0.4, 0.5) is 0 Å². The van der Waals surface area contributed by atoms with Crippen LogP contribution in [-0.4, -0.2) is 28.0 Å². The molecule has 0 unspecified atom stereocenters. The van der Waals surface area contributed by atoms with Crippen LogP contribution >= 0.6 is 0 Å². The fraction of sp³-hybridized carbons (Fsp3) is 0.462. The number of carbonyl (C=O) groups excluding carboxylic acids is 1. The summed E-state index contributed by atoms with van der Waals surface area (Å²) in [5, 5.41) is 6.38. The van der Waals surface area contributed by atoms with E-state index >= 15 is 0 Å². The lowest BCUT2D eigenvalue weighted by Gasteiger charge is -2.33. The summed E-state index contributed by atoms with van der Waals surface area (Å²) < 4.78 is 0. The molecule has 31 heavy (non-hydrogen) atoms. The first-order chi connectivity index (χ1) is 14.4. The molecule has 1 aliphatic heterocycles. The number of aromatic amines is 1. The highest BCUT2D eigenvalue weighted by atomic mass is 16.1. The molecule has 5 heteroatoms. The van der Waals surface area contributed by atoms with Gasteiger partial charge in [0.1, 0.15) is 0 Å². The van der Waals surface area contributed by atoms with E-state index in [4.69, 9.17) is 0 Å². The van der Waals surface area contributed by atoms with E-state index in [1.165, 1.54) is 16.8 Å². The molecule has 0 saturated heterocycles. The summed E-state index contributed by atoms with van der Waals surface area (Å²) in [7, 11) is 0. The molecule has 1 aromatic rings. The van der Waals surface area contributed by atoms with Gasteiger partial charge in [0.05, 0.1) is 6.33 Å². The molecule has 170 valence electrons. The Bertz CT molecular complexity index is 827. The highest BCUT2D eigenvalue weighted by Crippen LogP contribution is 2.35. The predicted molar refractivity (Wildman–Crippen MR) is 131 cm³/mol. The van der Waals surface area contributed by atoms with Crippen LogP contribution in [0.2, 0.25) is 0 Å². The van der Waals surface area contributed by atoms with Crippen LogP contribution in [0.1, 0.15) is 61.8 Å². The van der Waals surface area contributed by atoms with Crippen molar-refractivity contribution in [1.82, 2.24) is 20.6 Å². The van der Waals surface area contributed by atoms with Crippen LogP contribution in [0, 0.1) is 5.41 Å².